The predicted molar refractivity (Wildman–Crippen MR) is 93.1 cm³/mol. The van der Waals surface area contributed by atoms with Gasteiger partial charge in [0.05, 0.1) is 12.6 Å². The average Bonchev–Trinajstić information content (AvgIpc) is 2.95. The number of rotatable bonds is 5. The molecule has 2 fully saturated rings. The van der Waals surface area contributed by atoms with Crippen molar-refractivity contribution in [1.82, 2.24) is 24.8 Å². The molecule has 1 spiro atoms. The minimum absolute atomic E-state index is 0.0566. The fraction of sp³-hybridized carbons (Fsp3) is 0.611. The Morgan fingerprint density at radius 2 is 2.28 bits per heavy atom. The second-order valence-corrected chi connectivity index (χ2v) is 7.17. The number of carbonyl (C=O) groups excluding carboxylic acids is 1. The maximum atomic E-state index is 12.6. The summed E-state index contributed by atoms with van der Waals surface area (Å²) in [5.74, 6) is 0.757. The Labute approximate surface area is 147 Å². The van der Waals surface area contributed by atoms with Crippen molar-refractivity contribution in [3.8, 4) is 0 Å². The average molecular weight is 343 g/mol. The van der Waals surface area contributed by atoms with E-state index in [0.29, 0.717) is 12.6 Å². The van der Waals surface area contributed by atoms with Crippen molar-refractivity contribution in [3.05, 3.63) is 30.2 Å². The third-order valence-corrected chi connectivity index (χ3v) is 5.84. The highest BCUT2D eigenvalue weighted by Crippen LogP contribution is 2.57. The van der Waals surface area contributed by atoms with Crippen LogP contribution in [-0.2, 0) is 11.3 Å². The summed E-state index contributed by atoms with van der Waals surface area (Å²) in [6.07, 6.45) is 6.68. The maximum absolute atomic E-state index is 12.6. The third kappa shape index (κ3) is 2.66. The van der Waals surface area contributed by atoms with Gasteiger partial charge in [-0.05, 0) is 38.3 Å². The Kier molecular flexibility index (Phi) is 4.11. The Hall–Kier alpha value is -2.15. The molecule has 0 aromatic carbocycles. The third-order valence-electron chi connectivity index (χ3n) is 5.84. The number of fused-ring (bicyclic) bond motifs is 1. The van der Waals surface area contributed by atoms with Gasteiger partial charge in [0.1, 0.15) is 0 Å². The molecule has 0 radical (unpaired) electrons. The van der Waals surface area contributed by atoms with Crippen molar-refractivity contribution in [2.24, 2.45) is 5.41 Å². The summed E-state index contributed by atoms with van der Waals surface area (Å²) >= 11 is 0. The van der Waals surface area contributed by atoms with Crippen LogP contribution in [0.3, 0.4) is 0 Å². The lowest BCUT2D eigenvalue weighted by Crippen LogP contribution is -2.68. The van der Waals surface area contributed by atoms with E-state index in [0.717, 1.165) is 37.3 Å². The molecule has 0 bridgehead atoms. The van der Waals surface area contributed by atoms with E-state index >= 15 is 0 Å². The molecule has 1 N–H and O–H groups in total. The quantitative estimate of drug-likeness (QED) is 0.903. The highest BCUT2D eigenvalue weighted by Gasteiger charge is 2.59. The molecule has 2 aliphatic rings. The fourth-order valence-electron chi connectivity index (χ4n) is 4.18. The van der Waals surface area contributed by atoms with Gasteiger partial charge in [-0.3, -0.25) is 4.40 Å². The molecule has 0 unspecified atom stereocenters. The first-order valence-corrected chi connectivity index (χ1v) is 9.06. The topological polar surface area (TPSA) is 71.8 Å². The summed E-state index contributed by atoms with van der Waals surface area (Å²) < 4.78 is 7.76. The number of ether oxygens (including phenoxy) is 1. The Morgan fingerprint density at radius 1 is 1.44 bits per heavy atom. The smallest absolute Gasteiger partial charge is 0.317 e. The van der Waals surface area contributed by atoms with Crippen LogP contribution in [0.2, 0.25) is 0 Å². The van der Waals surface area contributed by atoms with Crippen LogP contribution < -0.4 is 5.32 Å². The fourth-order valence-corrected chi connectivity index (χ4v) is 4.18. The molecule has 134 valence electrons. The molecule has 0 saturated heterocycles. The highest BCUT2D eigenvalue weighted by atomic mass is 16.5. The zero-order chi connectivity index (χ0) is 17.4. The van der Waals surface area contributed by atoms with E-state index in [9.17, 15) is 4.79 Å². The summed E-state index contributed by atoms with van der Waals surface area (Å²) in [5, 5.41) is 11.5. The van der Waals surface area contributed by atoms with Crippen LogP contribution in [0.15, 0.2) is 24.4 Å². The van der Waals surface area contributed by atoms with Crippen LogP contribution in [0.25, 0.3) is 5.65 Å². The summed E-state index contributed by atoms with van der Waals surface area (Å²) in [6, 6.07) is 5.93. The van der Waals surface area contributed by atoms with Gasteiger partial charge in [-0.1, -0.05) is 12.5 Å². The van der Waals surface area contributed by atoms with Crippen LogP contribution >= 0.6 is 0 Å². The number of pyridine rings is 1. The number of amides is 2. The van der Waals surface area contributed by atoms with Gasteiger partial charge in [0.15, 0.2) is 11.5 Å². The zero-order valence-electron chi connectivity index (χ0n) is 14.8. The number of urea groups is 1. The maximum Gasteiger partial charge on any atom is 0.317 e. The van der Waals surface area contributed by atoms with E-state index < -0.39 is 0 Å². The van der Waals surface area contributed by atoms with Crippen molar-refractivity contribution in [2.75, 3.05) is 13.7 Å². The minimum Gasteiger partial charge on any atom is -0.378 e. The second-order valence-electron chi connectivity index (χ2n) is 7.17. The van der Waals surface area contributed by atoms with Crippen LogP contribution in [0.1, 0.15) is 38.4 Å². The van der Waals surface area contributed by atoms with Crippen molar-refractivity contribution in [3.63, 3.8) is 0 Å². The molecular formula is C18H25N5O2. The van der Waals surface area contributed by atoms with Gasteiger partial charge in [0, 0.05) is 31.3 Å². The summed E-state index contributed by atoms with van der Waals surface area (Å²) in [4.78, 5) is 14.3. The van der Waals surface area contributed by atoms with Crippen molar-refractivity contribution in [1.29, 1.82) is 0 Å². The molecule has 7 heteroatoms. The van der Waals surface area contributed by atoms with E-state index in [4.69, 9.17) is 4.74 Å². The van der Waals surface area contributed by atoms with Gasteiger partial charge in [-0.2, -0.15) is 0 Å². The lowest BCUT2D eigenvalue weighted by atomic mass is 9.51. The number of carbonyl (C=O) groups is 1. The van der Waals surface area contributed by atoms with E-state index in [2.05, 4.69) is 15.5 Å². The van der Waals surface area contributed by atoms with Gasteiger partial charge in [0.2, 0.25) is 0 Å². The molecular weight excluding hydrogens is 318 g/mol. The van der Waals surface area contributed by atoms with Crippen molar-refractivity contribution in [2.45, 2.75) is 51.3 Å². The molecule has 4 rings (SSSR count). The van der Waals surface area contributed by atoms with Crippen LogP contribution in [0, 0.1) is 5.41 Å². The second kappa shape index (κ2) is 6.29. The molecule has 25 heavy (non-hydrogen) atoms. The molecule has 7 nitrogen and oxygen atoms in total. The largest absolute Gasteiger partial charge is 0.378 e. The Morgan fingerprint density at radius 3 is 3.00 bits per heavy atom. The number of nitrogens with zero attached hydrogens (tertiary/aromatic N) is 4. The molecule has 2 aromatic heterocycles. The van der Waals surface area contributed by atoms with Crippen molar-refractivity contribution < 1.29 is 9.53 Å². The van der Waals surface area contributed by atoms with Crippen LogP contribution in [0.4, 0.5) is 4.79 Å². The lowest BCUT2D eigenvalue weighted by molar-refractivity contribution is -0.169. The predicted octanol–water partition coefficient (Wildman–Crippen LogP) is 2.22. The first kappa shape index (κ1) is 16.3. The van der Waals surface area contributed by atoms with E-state index in [1.165, 1.54) is 6.42 Å². The first-order chi connectivity index (χ1) is 12.1. The minimum atomic E-state index is -0.0566. The van der Waals surface area contributed by atoms with Gasteiger partial charge in [0.25, 0.3) is 0 Å². The molecule has 0 aliphatic heterocycles. The lowest BCUT2D eigenvalue weighted by Gasteiger charge is -2.61. The van der Waals surface area contributed by atoms with Gasteiger partial charge in [-0.25, -0.2) is 4.79 Å². The molecule has 2 heterocycles. The standard InChI is InChI=1S/C18H25N5O2/c1-3-25-14-11-13(18(14)8-6-9-18)19-17(24)22(2)12-16-21-20-15-7-4-5-10-23(15)16/h4-5,7,10,13-14H,3,6,8-9,11-12H2,1-2H3,(H,19,24)/t13-,14-/m1/s1. The van der Waals surface area contributed by atoms with Crippen LogP contribution in [-0.4, -0.2) is 51.3 Å². The Balaban J connectivity index is 1.38. The molecule has 2 saturated carbocycles. The molecule has 2 amide bonds. The number of hydrogen-bond acceptors (Lipinski definition) is 4. The SMILES string of the molecule is CCO[C@@H]1C[C@@H](NC(=O)N(C)Cc2nnc3ccccn23)C12CCC2. The number of nitrogens with one attached hydrogen (secondary N) is 1. The first-order valence-electron chi connectivity index (χ1n) is 9.06. The number of hydrogen-bond donors (Lipinski definition) is 1. The summed E-state index contributed by atoms with van der Waals surface area (Å²) in [7, 11) is 1.80. The molecule has 2 aliphatic carbocycles. The van der Waals surface area contributed by atoms with Gasteiger partial charge in [-0.15, -0.1) is 10.2 Å². The Bertz CT molecular complexity index is 770. The molecule has 2 atom stereocenters. The highest BCUT2D eigenvalue weighted by molar-refractivity contribution is 5.74. The monoisotopic (exact) mass is 343 g/mol. The summed E-state index contributed by atoms with van der Waals surface area (Å²) in [6.45, 7) is 3.20. The van der Waals surface area contributed by atoms with Gasteiger partial charge >= 0.3 is 6.03 Å². The zero-order valence-corrected chi connectivity index (χ0v) is 14.8. The van der Waals surface area contributed by atoms with E-state index in [1.54, 1.807) is 11.9 Å². The van der Waals surface area contributed by atoms with Gasteiger partial charge < -0.3 is 15.0 Å². The number of aromatic nitrogens is 3. The normalized spacial score (nSPS) is 23.9. The van der Waals surface area contributed by atoms with Crippen molar-refractivity contribution >= 4 is 11.7 Å². The van der Waals surface area contributed by atoms with Crippen LogP contribution in [0.5, 0.6) is 0 Å². The van der Waals surface area contributed by atoms with E-state index in [-0.39, 0.29) is 17.5 Å². The van der Waals surface area contributed by atoms with E-state index in [1.807, 2.05) is 35.7 Å². The summed E-state index contributed by atoms with van der Waals surface area (Å²) in [5.41, 5.74) is 0.965. The molecule has 2 aromatic rings.